The number of ether oxygens (including phenoxy) is 1. The van der Waals surface area contributed by atoms with Crippen molar-refractivity contribution in [2.24, 2.45) is 0 Å². The quantitative estimate of drug-likeness (QED) is 0.382. The van der Waals surface area contributed by atoms with Crippen molar-refractivity contribution >= 4 is 5.82 Å². The highest BCUT2D eigenvalue weighted by Gasteiger charge is 2.16. The number of nitrogens with zero attached hydrogens (tertiary/aromatic N) is 4. The van der Waals surface area contributed by atoms with Crippen molar-refractivity contribution in [1.82, 2.24) is 25.4 Å². The molecule has 1 fully saturated rings. The third-order valence-electron chi connectivity index (χ3n) is 5.88. The Kier molecular flexibility index (Phi) is 6.57. The molecule has 0 unspecified atom stereocenters. The third-order valence-corrected chi connectivity index (χ3v) is 5.88. The fraction of sp³-hybridized carbons (Fsp3) is 0.280. The number of aliphatic hydroxyl groups excluding tert-OH is 1. The molecule has 0 aliphatic carbocycles. The number of pyridine rings is 1. The molecule has 0 saturated carbocycles. The molecule has 4 aromatic rings. The van der Waals surface area contributed by atoms with Crippen LogP contribution in [0.5, 0.6) is 0 Å². The van der Waals surface area contributed by atoms with E-state index < -0.39 is 0 Å². The Hall–Kier alpha value is -3.66. The predicted molar refractivity (Wildman–Crippen MR) is 127 cm³/mol. The molecule has 0 amide bonds. The molecule has 174 valence electrons. The monoisotopic (exact) mass is 458 g/mol. The smallest absolute Gasteiger partial charge is 0.189 e. The first-order valence-electron chi connectivity index (χ1n) is 11.3. The van der Waals surface area contributed by atoms with E-state index in [9.17, 15) is 5.11 Å². The highest BCUT2D eigenvalue weighted by molar-refractivity contribution is 5.73. The molecule has 0 radical (unpaired) electrons. The summed E-state index contributed by atoms with van der Waals surface area (Å²) in [6.45, 7) is 2.32. The van der Waals surface area contributed by atoms with Gasteiger partial charge in [0.25, 0.3) is 0 Å². The van der Waals surface area contributed by atoms with Crippen LogP contribution in [0.4, 0.5) is 5.82 Å². The van der Waals surface area contributed by atoms with E-state index in [1.165, 1.54) is 5.56 Å². The van der Waals surface area contributed by atoms with E-state index in [0.29, 0.717) is 34.6 Å². The Morgan fingerprint density at radius 2 is 1.82 bits per heavy atom. The average Bonchev–Trinajstić information content (AvgIpc) is 3.39. The minimum absolute atomic E-state index is 0.154. The largest absolute Gasteiger partial charge is 0.390 e. The topological polar surface area (TPSA) is 132 Å². The molecule has 4 N–H and O–H groups in total. The number of nitrogens with one attached hydrogen (secondary N) is 1. The van der Waals surface area contributed by atoms with Gasteiger partial charge in [0.05, 0.1) is 24.2 Å². The standard InChI is InChI=1S/C25H26N6O3/c26-25-24(30-22(14-29-25)18-5-8-27-20(11-18)15-32)23-12-21(31-34-23)17-3-1-16(2-4-17)13-28-19-6-9-33-10-7-19/h1-5,8,11-12,14,19,28,32H,6-7,9-10,13,15H2,(H2,26,29). The Morgan fingerprint density at radius 1 is 1.00 bits per heavy atom. The normalized spacial score (nSPS) is 14.4. The van der Waals surface area contributed by atoms with Gasteiger partial charge < -0.3 is 25.4 Å². The van der Waals surface area contributed by atoms with E-state index >= 15 is 0 Å². The van der Waals surface area contributed by atoms with Crippen molar-refractivity contribution in [2.75, 3.05) is 18.9 Å². The van der Waals surface area contributed by atoms with Crippen molar-refractivity contribution < 1.29 is 14.4 Å². The Labute approximate surface area is 197 Å². The van der Waals surface area contributed by atoms with E-state index in [2.05, 4.69) is 37.6 Å². The average molecular weight is 459 g/mol. The van der Waals surface area contributed by atoms with Crippen LogP contribution >= 0.6 is 0 Å². The number of aromatic nitrogens is 4. The summed E-state index contributed by atoms with van der Waals surface area (Å²) in [6, 6.07) is 14.1. The van der Waals surface area contributed by atoms with Gasteiger partial charge in [-0.1, -0.05) is 29.4 Å². The molecule has 0 spiro atoms. The summed E-state index contributed by atoms with van der Waals surface area (Å²) in [5.74, 6) is 0.681. The number of hydrogen-bond donors (Lipinski definition) is 3. The zero-order valence-electron chi connectivity index (χ0n) is 18.6. The van der Waals surface area contributed by atoms with Crippen LogP contribution in [0.1, 0.15) is 24.1 Å². The molecule has 9 heteroatoms. The molecule has 1 saturated heterocycles. The highest BCUT2D eigenvalue weighted by atomic mass is 16.5. The van der Waals surface area contributed by atoms with Crippen LogP contribution in [0, 0.1) is 0 Å². The lowest BCUT2D eigenvalue weighted by molar-refractivity contribution is 0.0776. The SMILES string of the molecule is Nc1ncc(-c2ccnc(CO)c2)nc1-c1cc(-c2ccc(CNC3CCOCC3)cc2)no1. The summed E-state index contributed by atoms with van der Waals surface area (Å²) in [6.07, 6.45) is 5.31. The van der Waals surface area contributed by atoms with Gasteiger partial charge in [0, 0.05) is 49.2 Å². The molecule has 1 aromatic carbocycles. The van der Waals surface area contributed by atoms with Crippen molar-refractivity contribution in [3.63, 3.8) is 0 Å². The first-order chi connectivity index (χ1) is 16.7. The fourth-order valence-corrected chi connectivity index (χ4v) is 3.92. The van der Waals surface area contributed by atoms with E-state index in [1.54, 1.807) is 24.5 Å². The van der Waals surface area contributed by atoms with E-state index in [4.69, 9.17) is 15.0 Å². The molecule has 9 nitrogen and oxygen atoms in total. The number of aliphatic hydroxyl groups is 1. The minimum atomic E-state index is -0.154. The maximum Gasteiger partial charge on any atom is 0.189 e. The lowest BCUT2D eigenvalue weighted by Gasteiger charge is -2.23. The van der Waals surface area contributed by atoms with Gasteiger partial charge in [-0.15, -0.1) is 0 Å². The van der Waals surface area contributed by atoms with Crippen molar-refractivity contribution in [3.8, 4) is 34.0 Å². The van der Waals surface area contributed by atoms with Crippen molar-refractivity contribution in [1.29, 1.82) is 0 Å². The van der Waals surface area contributed by atoms with E-state index in [0.717, 1.165) is 43.7 Å². The Balaban J connectivity index is 1.32. The first-order valence-corrected chi connectivity index (χ1v) is 11.3. The van der Waals surface area contributed by atoms with Gasteiger partial charge in [-0.05, 0) is 30.5 Å². The molecular formula is C25H26N6O3. The molecule has 34 heavy (non-hydrogen) atoms. The van der Waals surface area contributed by atoms with Crippen LogP contribution in [0.15, 0.2) is 59.4 Å². The Morgan fingerprint density at radius 3 is 2.62 bits per heavy atom. The maximum atomic E-state index is 9.35. The maximum absolute atomic E-state index is 9.35. The molecule has 3 aromatic heterocycles. The summed E-state index contributed by atoms with van der Waals surface area (Å²) in [7, 11) is 0. The lowest BCUT2D eigenvalue weighted by atomic mass is 10.1. The number of rotatable bonds is 7. The summed E-state index contributed by atoms with van der Waals surface area (Å²) in [4.78, 5) is 13.0. The minimum Gasteiger partial charge on any atom is -0.390 e. The van der Waals surface area contributed by atoms with Gasteiger partial charge in [0.2, 0.25) is 0 Å². The second-order valence-corrected chi connectivity index (χ2v) is 8.22. The summed E-state index contributed by atoms with van der Waals surface area (Å²) in [5.41, 5.74) is 11.3. The summed E-state index contributed by atoms with van der Waals surface area (Å²) < 4.78 is 11.0. The van der Waals surface area contributed by atoms with Gasteiger partial charge in [0.15, 0.2) is 17.3 Å². The predicted octanol–water partition coefficient (Wildman–Crippen LogP) is 3.20. The fourth-order valence-electron chi connectivity index (χ4n) is 3.92. The molecule has 1 aliphatic rings. The molecule has 0 bridgehead atoms. The van der Waals surface area contributed by atoms with Crippen LogP contribution in [0.2, 0.25) is 0 Å². The van der Waals surface area contributed by atoms with Crippen LogP contribution in [0.3, 0.4) is 0 Å². The van der Waals surface area contributed by atoms with Crippen molar-refractivity contribution in [3.05, 3.63) is 66.1 Å². The lowest BCUT2D eigenvalue weighted by Crippen LogP contribution is -2.34. The van der Waals surface area contributed by atoms with Gasteiger partial charge in [-0.3, -0.25) is 4.98 Å². The second kappa shape index (κ2) is 10.1. The van der Waals surface area contributed by atoms with Gasteiger partial charge in [-0.25, -0.2) is 9.97 Å². The Bertz CT molecular complexity index is 1250. The zero-order valence-corrected chi connectivity index (χ0v) is 18.6. The van der Waals surface area contributed by atoms with Crippen LogP contribution in [-0.4, -0.2) is 44.5 Å². The molecule has 1 aliphatic heterocycles. The van der Waals surface area contributed by atoms with Gasteiger partial charge >= 0.3 is 0 Å². The first kappa shape index (κ1) is 22.1. The van der Waals surface area contributed by atoms with Crippen LogP contribution < -0.4 is 11.1 Å². The molecule has 4 heterocycles. The number of benzene rings is 1. The van der Waals surface area contributed by atoms with Crippen LogP contribution in [-0.2, 0) is 17.9 Å². The van der Waals surface area contributed by atoms with Crippen LogP contribution in [0.25, 0.3) is 34.0 Å². The number of hydrogen-bond acceptors (Lipinski definition) is 9. The molecule has 5 rings (SSSR count). The van der Waals surface area contributed by atoms with Gasteiger partial charge in [0.1, 0.15) is 5.69 Å². The number of anilines is 1. The molecule has 0 atom stereocenters. The summed E-state index contributed by atoms with van der Waals surface area (Å²) >= 11 is 0. The van der Waals surface area contributed by atoms with E-state index in [1.807, 2.05) is 18.2 Å². The zero-order chi connectivity index (χ0) is 23.3. The third kappa shape index (κ3) is 4.96. The van der Waals surface area contributed by atoms with E-state index in [-0.39, 0.29) is 12.4 Å². The van der Waals surface area contributed by atoms with Crippen molar-refractivity contribution in [2.45, 2.75) is 32.0 Å². The summed E-state index contributed by atoms with van der Waals surface area (Å²) in [5, 5.41) is 17.2. The second-order valence-electron chi connectivity index (χ2n) is 8.22. The number of nitrogen functional groups attached to an aromatic ring is 1. The highest BCUT2D eigenvalue weighted by Crippen LogP contribution is 2.29. The van der Waals surface area contributed by atoms with Gasteiger partial charge in [-0.2, -0.15) is 0 Å². The molecular weight excluding hydrogens is 432 g/mol. The number of nitrogens with two attached hydrogens (primary N) is 1.